The minimum Gasteiger partial charge on any atom is -0.507 e. The fraction of sp³-hybridized carbons (Fsp3) is 0.211. The second-order valence-corrected chi connectivity index (χ2v) is 6.18. The van der Waals surface area contributed by atoms with Crippen LogP contribution in [0.2, 0.25) is 0 Å². The summed E-state index contributed by atoms with van der Waals surface area (Å²) in [5, 5.41) is 24.2. The molecule has 2 rings (SSSR count). The predicted molar refractivity (Wildman–Crippen MR) is 106 cm³/mol. The van der Waals surface area contributed by atoms with Crippen LogP contribution >= 0.6 is 12.2 Å². The van der Waals surface area contributed by atoms with Gasteiger partial charge < -0.3 is 20.3 Å². The van der Waals surface area contributed by atoms with E-state index in [1.807, 2.05) is 6.92 Å². The Labute approximate surface area is 162 Å². The second kappa shape index (κ2) is 9.00. The SMILES string of the molecule is CCCOc1ccc(C(=O)NC(=S)Nc2cc(C)c(O)c(C(=O)O)c2)cc1. The monoisotopic (exact) mass is 388 g/mol. The van der Waals surface area contributed by atoms with Crippen LogP contribution in [0.1, 0.15) is 39.6 Å². The summed E-state index contributed by atoms with van der Waals surface area (Å²) in [6.45, 7) is 4.17. The zero-order valence-corrected chi connectivity index (χ0v) is 15.7. The lowest BCUT2D eigenvalue weighted by Crippen LogP contribution is -2.34. The molecule has 8 heteroatoms. The van der Waals surface area contributed by atoms with Crippen LogP contribution in [-0.4, -0.2) is 33.8 Å². The predicted octanol–water partition coefficient (Wildman–Crippen LogP) is 3.31. The largest absolute Gasteiger partial charge is 0.507 e. The van der Waals surface area contributed by atoms with Crippen molar-refractivity contribution in [2.45, 2.75) is 20.3 Å². The number of aromatic carboxylic acids is 1. The molecule has 2 aromatic rings. The Hall–Kier alpha value is -3.13. The van der Waals surface area contributed by atoms with Crippen molar-refractivity contribution in [3.63, 3.8) is 0 Å². The van der Waals surface area contributed by atoms with Crippen LogP contribution in [-0.2, 0) is 0 Å². The molecule has 0 fully saturated rings. The number of aryl methyl sites for hydroxylation is 1. The summed E-state index contributed by atoms with van der Waals surface area (Å²) in [5.41, 5.74) is 0.857. The number of aromatic hydroxyl groups is 1. The summed E-state index contributed by atoms with van der Waals surface area (Å²) in [6, 6.07) is 9.41. The zero-order chi connectivity index (χ0) is 20.0. The minimum atomic E-state index is -1.26. The molecule has 0 radical (unpaired) electrons. The van der Waals surface area contributed by atoms with E-state index in [1.165, 1.54) is 12.1 Å². The zero-order valence-electron chi connectivity index (χ0n) is 14.9. The molecular weight excluding hydrogens is 368 g/mol. The van der Waals surface area contributed by atoms with Crippen molar-refractivity contribution in [1.82, 2.24) is 5.32 Å². The Morgan fingerprint density at radius 1 is 1.19 bits per heavy atom. The van der Waals surface area contributed by atoms with E-state index >= 15 is 0 Å². The molecule has 1 amide bonds. The summed E-state index contributed by atoms with van der Waals surface area (Å²) in [6.07, 6.45) is 0.891. The fourth-order valence-electron chi connectivity index (χ4n) is 2.27. The van der Waals surface area contributed by atoms with Crippen LogP contribution in [0.3, 0.4) is 0 Å². The highest BCUT2D eigenvalue weighted by atomic mass is 32.1. The molecule has 0 aliphatic heterocycles. The molecule has 0 saturated carbocycles. The van der Waals surface area contributed by atoms with Gasteiger partial charge >= 0.3 is 5.97 Å². The standard InChI is InChI=1S/C19H20N2O5S/c1-3-8-26-14-6-4-12(5-7-14)17(23)21-19(27)20-13-9-11(2)16(22)15(10-13)18(24)25/h4-7,9-10,22H,3,8H2,1-2H3,(H,24,25)(H2,20,21,23,27). The van der Waals surface area contributed by atoms with Crippen LogP contribution in [0.15, 0.2) is 36.4 Å². The number of amides is 1. The van der Waals surface area contributed by atoms with Gasteiger partial charge in [-0.25, -0.2) is 4.79 Å². The van der Waals surface area contributed by atoms with Crippen LogP contribution < -0.4 is 15.4 Å². The van der Waals surface area contributed by atoms with Gasteiger partial charge in [-0.15, -0.1) is 0 Å². The Bertz CT molecular complexity index is 865. The summed E-state index contributed by atoms with van der Waals surface area (Å²) in [7, 11) is 0. The van der Waals surface area contributed by atoms with E-state index in [0.717, 1.165) is 6.42 Å². The molecule has 4 N–H and O–H groups in total. The fourth-order valence-corrected chi connectivity index (χ4v) is 2.49. The Morgan fingerprint density at radius 2 is 1.85 bits per heavy atom. The van der Waals surface area contributed by atoms with E-state index in [2.05, 4.69) is 10.6 Å². The number of carbonyl (C=O) groups is 2. The smallest absolute Gasteiger partial charge is 0.339 e. The average Bonchev–Trinajstić information content (AvgIpc) is 2.62. The molecule has 0 heterocycles. The Kier molecular flexibility index (Phi) is 6.73. The van der Waals surface area contributed by atoms with E-state index in [0.29, 0.717) is 29.2 Å². The van der Waals surface area contributed by atoms with Crippen molar-refractivity contribution in [3.05, 3.63) is 53.1 Å². The van der Waals surface area contributed by atoms with Crippen molar-refractivity contribution in [2.75, 3.05) is 11.9 Å². The summed E-state index contributed by atoms with van der Waals surface area (Å²) < 4.78 is 5.46. The van der Waals surface area contributed by atoms with E-state index in [-0.39, 0.29) is 16.4 Å². The molecular formula is C19H20N2O5S. The van der Waals surface area contributed by atoms with E-state index in [9.17, 15) is 14.7 Å². The van der Waals surface area contributed by atoms with Crippen molar-refractivity contribution in [2.24, 2.45) is 0 Å². The first-order valence-corrected chi connectivity index (χ1v) is 8.64. The third-order valence-electron chi connectivity index (χ3n) is 3.61. The van der Waals surface area contributed by atoms with Gasteiger partial charge in [-0.3, -0.25) is 10.1 Å². The van der Waals surface area contributed by atoms with Crippen molar-refractivity contribution < 1.29 is 24.5 Å². The highest BCUT2D eigenvalue weighted by molar-refractivity contribution is 7.80. The van der Waals surface area contributed by atoms with Crippen LogP contribution in [0.25, 0.3) is 0 Å². The molecule has 0 spiro atoms. The third-order valence-corrected chi connectivity index (χ3v) is 3.81. The van der Waals surface area contributed by atoms with Gasteiger partial charge in [0.05, 0.1) is 6.61 Å². The summed E-state index contributed by atoms with van der Waals surface area (Å²) in [5.74, 6) is -1.31. The number of anilines is 1. The van der Waals surface area contributed by atoms with Gasteiger partial charge in [0.15, 0.2) is 5.11 Å². The quantitative estimate of drug-likeness (QED) is 0.444. The highest BCUT2D eigenvalue weighted by Crippen LogP contribution is 2.26. The van der Waals surface area contributed by atoms with Gasteiger partial charge in [0.25, 0.3) is 5.91 Å². The lowest BCUT2D eigenvalue weighted by Gasteiger charge is -2.12. The number of carboxylic acid groups (broad SMARTS) is 1. The number of rotatable bonds is 6. The van der Waals surface area contributed by atoms with E-state index in [4.69, 9.17) is 22.1 Å². The number of benzene rings is 2. The molecule has 2 aromatic carbocycles. The van der Waals surface area contributed by atoms with E-state index < -0.39 is 11.9 Å². The number of nitrogens with one attached hydrogen (secondary N) is 2. The number of carbonyl (C=O) groups excluding carboxylic acids is 1. The number of thiocarbonyl (C=S) groups is 1. The lowest BCUT2D eigenvalue weighted by molar-refractivity contribution is 0.0693. The van der Waals surface area contributed by atoms with Crippen molar-refractivity contribution in [3.8, 4) is 11.5 Å². The van der Waals surface area contributed by atoms with Gasteiger partial charge in [-0.05, 0) is 67.5 Å². The minimum absolute atomic E-state index is 0.00716. The molecule has 0 aliphatic rings. The molecule has 0 atom stereocenters. The van der Waals surface area contributed by atoms with Gasteiger partial charge in [-0.2, -0.15) is 0 Å². The van der Waals surface area contributed by atoms with Crippen LogP contribution in [0, 0.1) is 6.92 Å². The average molecular weight is 388 g/mol. The van der Waals surface area contributed by atoms with Crippen LogP contribution in [0.4, 0.5) is 5.69 Å². The molecule has 0 bridgehead atoms. The normalized spacial score (nSPS) is 10.1. The molecule has 27 heavy (non-hydrogen) atoms. The maximum absolute atomic E-state index is 12.3. The van der Waals surface area contributed by atoms with Crippen LogP contribution in [0.5, 0.6) is 11.5 Å². The first-order valence-electron chi connectivity index (χ1n) is 8.24. The molecule has 7 nitrogen and oxygen atoms in total. The number of hydrogen-bond acceptors (Lipinski definition) is 5. The van der Waals surface area contributed by atoms with Gasteiger partial charge in [0, 0.05) is 11.3 Å². The topological polar surface area (TPSA) is 108 Å². The van der Waals surface area contributed by atoms with Gasteiger partial charge in [0.2, 0.25) is 0 Å². The second-order valence-electron chi connectivity index (χ2n) is 5.78. The van der Waals surface area contributed by atoms with Crippen molar-refractivity contribution in [1.29, 1.82) is 0 Å². The Balaban J connectivity index is 2.03. The lowest BCUT2D eigenvalue weighted by atomic mass is 10.1. The molecule has 0 aliphatic carbocycles. The van der Waals surface area contributed by atoms with E-state index in [1.54, 1.807) is 31.2 Å². The summed E-state index contributed by atoms with van der Waals surface area (Å²) in [4.78, 5) is 23.4. The number of carboxylic acids is 1. The molecule has 0 unspecified atom stereocenters. The first-order chi connectivity index (χ1) is 12.8. The number of ether oxygens (including phenoxy) is 1. The highest BCUT2D eigenvalue weighted by Gasteiger charge is 2.15. The van der Waals surface area contributed by atoms with Crippen molar-refractivity contribution >= 4 is 34.9 Å². The molecule has 142 valence electrons. The Morgan fingerprint density at radius 3 is 2.44 bits per heavy atom. The number of phenols is 1. The first kappa shape index (κ1) is 20.2. The summed E-state index contributed by atoms with van der Waals surface area (Å²) >= 11 is 5.10. The van der Waals surface area contributed by atoms with Gasteiger partial charge in [-0.1, -0.05) is 6.92 Å². The van der Waals surface area contributed by atoms with Gasteiger partial charge in [0.1, 0.15) is 17.1 Å². The third kappa shape index (κ3) is 5.42. The molecule has 0 saturated heterocycles. The molecule has 0 aromatic heterocycles. The maximum atomic E-state index is 12.3. The number of hydrogen-bond donors (Lipinski definition) is 4. The maximum Gasteiger partial charge on any atom is 0.339 e.